The van der Waals surface area contributed by atoms with Gasteiger partial charge in [-0.25, -0.2) is 0 Å². The van der Waals surface area contributed by atoms with Crippen LogP contribution in [0, 0.1) is 0 Å². The number of rotatable bonds is 4. The van der Waals surface area contributed by atoms with E-state index in [9.17, 15) is 0 Å². The summed E-state index contributed by atoms with van der Waals surface area (Å²) < 4.78 is 10.7. The zero-order chi connectivity index (χ0) is 13.9. The van der Waals surface area contributed by atoms with E-state index in [0.717, 1.165) is 17.2 Å². The molecule has 2 aromatic rings. The van der Waals surface area contributed by atoms with E-state index < -0.39 is 0 Å². The lowest BCUT2D eigenvalue weighted by Gasteiger charge is -2.21. The third kappa shape index (κ3) is 3.31. The SMILES string of the molecule is COc1ccc(C(C)(C)C)cc1NCc1ccco1. The summed E-state index contributed by atoms with van der Waals surface area (Å²) >= 11 is 0. The molecule has 0 unspecified atom stereocenters. The Bertz CT molecular complexity index is 524. The first kappa shape index (κ1) is 13.5. The molecule has 0 saturated carbocycles. The third-order valence-electron chi connectivity index (χ3n) is 3.10. The van der Waals surface area contributed by atoms with Gasteiger partial charge in [0.15, 0.2) is 0 Å². The van der Waals surface area contributed by atoms with Crippen LogP contribution in [-0.4, -0.2) is 7.11 Å². The topological polar surface area (TPSA) is 34.4 Å². The number of hydrogen-bond donors (Lipinski definition) is 1. The van der Waals surface area contributed by atoms with Gasteiger partial charge in [0.05, 0.1) is 25.6 Å². The molecule has 0 bridgehead atoms. The molecule has 0 saturated heterocycles. The number of hydrogen-bond acceptors (Lipinski definition) is 3. The van der Waals surface area contributed by atoms with E-state index in [-0.39, 0.29) is 5.41 Å². The van der Waals surface area contributed by atoms with Crippen LogP contribution < -0.4 is 10.1 Å². The monoisotopic (exact) mass is 259 g/mol. The van der Waals surface area contributed by atoms with Crippen molar-refractivity contribution in [3.8, 4) is 5.75 Å². The van der Waals surface area contributed by atoms with Crippen molar-refractivity contribution in [3.05, 3.63) is 47.9 Å². The summed E-state index contributed by atoms with van der Waals surface area (Å²) in [6.07, 6.45) is 1.68. The van der Waals surface area contributed by atoms with Gasteiger partial charge in [0.25, 0.3) is 0 Å². The van der Waals surface area contributed by atoms with Gasteiger partial charge < -0.3 is 14.5 Å². The van der Waals surface area contributed by atoms with Crippen LogP contribution in [0.25, 0.3) is 0 Å². The molecule has 0 aliphatic heterocycles. The minimum Gasteiger partial charge on any atom is -0.495 e. The standard InChI is InChI=1S/C16H21NO2/c1-16(2,3)12-7-8-15(18-4)14(10-12)17-11-13-6-5-9-19-13/h5-10,17H,11H2,1-4H3. The van der Waals surface area contributed by atoms with E-state index in [1.54, 1.807) is 13.4 Å². The number of anilines is 1. The van der Waals surface area contributed by atoms with Crippen LogP contribution in [0.4, 0.5) is 5.69 Å². The summed E-state index contributed by atoms with van der Waals surface area (Å²) in [6.45, 7) is 7.25. The average Bonchev–Trinajstić information content (AvgIpc) is 2.88. The van der Waals surface area contributed by atoms with E-state index in [1.165, 1.54) is 5.56 Å². The Morgan fingerprint density at radius 3 is 2.58 bits per heavy atom. The van der Waals surface area contributed by atoms with Crippen LogP contribution in [0.1, 0.15) is 32.1 Å². The Labute approximate surface area is 114 Å². The van der Waals surface area contributed by atoms with Crippen molar-refractivity contribution in [2.24, 2.45) is 0 Å². The minimum atomic E-state index is 0.118. The smallest absolute Gasteiger partial charge is 0.141 e. The molecular weight excluding hydrogens is 238 g/mol. The van der Waals surface area contributed by atoms with Crippen LogP contribution in [0.5, 0.6) is 5.75 Å². The second-order valence-electron chi connectivity index (χ2n) is 5.60. The van der Waals surface area contributed by atoms with E-state index in [2.05, 4.69) is 38.2 Å². The molecular formula is C16H21NO2. The van der Waals surface area contributed by atoms with Crippen molar-refractivity contribution in [2.75, 3.05) is 12.4 Å². The molecule has 3 heteroatoms. The second kappa shape index (κ2) is 5.39. The summed E-state index contributed by atoms with van der Waals surface area (Å²) in [5.41, 5.74) is 2.38. The summed E-state index contributed by atoms with van der Waals surface area (Å²) in [5, 5.41) is 3.36. The fraction of sp³-hybridized carbons (Fsp3) is 0.375. The highest BCUT2D eigenvalue weighted by Gasteiger charge is 2.15. The van der Waals surface area contributed by atoms with Crippen molar-refractivity contribution >= 4 is 5.69 Å². The summed E-state index contributed by atoms with van der Waals surface area (Å²) in [7, 11) is 1.68. The Kier molecular flexibility index (Phi) is 3.84. The van der Waals surface area contributed by atoms with Crippen LogP contribution >= 0.6 is 0 Å². The van der Waals surface area contributed by atoms with Crippen LogP contribution in [-0.2, 0) is 12.0 Å². The van der Waals surface area contributed by atoms with Gasteiger partial charge in [0.2, 0.25) is 0 Å². The van der Waals surface area contributed by atoms with Crippen LogP contribution in [0.2, 0.25) is 0 Å². The van der Waals surface area contributed by atoms with Crippen molar-refractivity contribution < 1.29 is 9.15 Å². The molecule has 1 aromatic carbocycles. The van der Waals surface area contributed by atoms with Crippen molar-refractivity contribution in [2.45, 2.75) is 32.7 Å². The van der Waals surface area contributed by atoms with Gasteiger partial charge in [-0.2, -0.15) is 0 Å². The lowest BCUT2D eigenvalue weighted by Crippen LogP contribution is -2.12. The van der Waals surface area contributed by atoms with E-state index in [1.807, 2.05) is 18.2 Å². The van der Waals surface area contributed by atoms with Gasteiger partial charge in [0.1, 0.15) is 11.5 Å². The van der Waals surface area contributed by atoms with E-state index in [0.29, 0.717) is 6.54 Å². The van der Waals surface area contributed by atoms with Gasteiger partial charge >= 0.3 is 0 Å². The zero-order valence-corrected chi connectivity index (χ0v) is 12.0. The molecule has 0 spiro atoms. The van der Waals surface area contributed by atoms with Crippen molar-refractivity contribution in [1.29, 1.82) is 0 Å². The fourth-order valence-corrected chi connectivity index (χ4v) is 1.91. The molecule has 102 valence electrons. The number of methoxy groups -OCH3 is 1. The van der Waals surface area contributed by atoms with E-state index >= 15 is 0 Å². The molecule has 0 aliphatic carbocycles. The first-order chi connectivity index (χ1) is 9.00. The molecule has 0 atom stereocenters. The molecule has 0 fully saturated rings. The van der Waals surface area contributed by atoms with E-state index in [4.69, 9.17) is 9.15 Å². The molecule has 0 amide bonds. The minimum absolute atomic E-state index is 0.118. The normalized spacial score (nSPS) is 11.4. The lowest BCUT2D eigenvalue weighted by atomic mass is 9.87. The molecule has 2 rings (SSSR count). The Morgan fingerprint density at radius 2 is 2.00 bits per heavy atom. The maximum absolute atomic E-state index is 5.39. The highest BCUT2D eigenvalue weighted by Crippen LogP contribution is 2.31. The average molecular weight is 259 g/mol. The van der Waals surface area contributed by atoms with Crippen molar-refractivity contribution in [3.63, 3.8) is 0 Å². The molecule has 0 aliphatic rings. The maximum atomic E-state index is 5.39. The Morgan fingerprint density at radius 1 is 1.21 bits per heavy atom. The molecule has 19 heavy (non-hydrogen) atoms. The highest BCUT2D eigenvalue weighted by molar-refractivity contribution is 5.59. The highest BCUT2D eigenvalue weighted by atomic mass is 16.5. The largest absolute Gasteiger partial charge is 0.495 e. The molecule has 3 nitrogen and oxygen atoms in total. The number of ether oxygens (including phenoxy) is 1. The summed E-state index contributed by atoms with van der Waals surface area (Å²) in [6, 6.07) is 10.1. The number of furan rings is 1. The first-order valence-corrected chi connectivity index (χ1v) is 6.45. The van der Waals surface area contributed by atoms with Gasteiger partial charge in [-0.3, -0.25) is 0 Å². The molecule has 1 N–H and O–H groups in total. The first-order valence-electron chi connectivity index (χ1n) is 6.45. The zero-order valence-electron chi connectivity index (χ0n) is 12.0. The molecule has 1 aromatic heterocycles. The number of benzene rings is 1. The third-order valence-corrected chi connectivity index (χ3v) is 3.10. The summed E-state index contributed by atoms with van der Waals surface area (Å²) in [5.74, 6) is 1.75. The van der Waals surface area contributed by atoms with Crippen molar-refractivity contribution in [1.82, 2.24) is 0 Å². The van der Waals surface area contributed by atoms with Crippen LogP contribution in [0.15, 0.2) is 41.0 Å². The quantitative estimate of drug-likeness (QED) is 0.893. The lowest BCUT2D eigenvalue weighted by molar-refractivity contribution is 0.415. The fourth-order valence-electron chi connectivity index (χ4n) is 1.91. The second-order valence-corrected chi connectivity index (χ2v) is 5.60. The Balaban J connectivity index is 2.21. The van der Waals surface area contributed by atoms with Gasteiger partial charge in [-0.1, -0.05) is 26.8 Å². The molecule has 0 radical (unpaired) electrons. The summed E-state index contributed by atoms with van der Waals surface area (Å²) in [4.78, 5) is 0. The number of nitrogens with one attached hydrogen (secondary N) is 1. The molecule has 1 heterocycles. The maximum Gasteiger partial charge on any atom is 0.141 e. The predicted molar refractivity (Wildman–Crippen MR) is 77.7 cm³/mol. The van der Waals surface area contributed by atoms with Gasteiger partial charge in [-0.15, -0.1) is 0 Å². The van der Waals surface area contributed by atoms with Gasteiger partial charge in [0, 0.05) is 0 Å². The van der Waals surface area contributed by atoms with Gasteiger partial charge in [-0.05, 0) is 35.2 Å². The van der Waals surface area contributed by atoms with Crippen LogP contribution in [0.3, 0.4) is 0 Å². The Hall–Kier alpha value is -1.90. The predicted octanol–water partition coefficient (Wildman–Crippen LogP) is 4.20.